The molecule has 1 aromatic rings. The van der Waals surface area contributed by atoms with Crippen LogP contribution in [0.15, 0.2) is 17.0 Å². The van der Waals surface area contributed by atoms with Crippen molar-refractivity contribution in [2.24, 2.45) is 0 Å². The topological polar surface area (TPSA) is 21.3 Å². The van der Waals surface area contributed by atoms with E-state index in [1.54, 1.807) is 7.11 Å². The average molecular weight is 237 g/mol. The Balaban J connectivity index is 2.20. The molecular formula is C13H19NOS. The second kappa shape index (κ2) is 5.11. The van der Waals surface area contributed by atoms with E-state index in [4.69, 9.17) is 4.74 Å². The van der Waals surface area contributed by atoms with Crippen LogP contribution in [0.25, 0.3) is 0 Å². The number of benzene rings is 1. The van der Waals surface area contributed by atoms with E-state index in [9.17, 15) is 0 Å². The lowest BCUT2D eigenvalue weighted by molar-refractivity contribution is 0.404. The Morgan fingerprint density at radius 1 is 1.31 bits per heavy atom. The zero-order valence-corrected chi connectivity index (χ0v) is 11.0. The van der Waals surface area contributed by atoms with Gasteiger partial charge in [0, 0.05) is 16.7 Å². The summed E-state index contributed by atoms with van der Waals surface area (Å²) in [6, 6.07) is 4.39. The van der Waals surface area contributed by atoms with Crippen molar-refractivity contribution >= 4 is 11.8 Å². The van der Waals surface area contributed by atoms with Gasteiger partial charge in [0.15, 0.2) is 0 Å². The molecule has 1 fully saturated rings. The standard InChI is InChI=1S/C13H19NOS/c1-9-6-12(15-3)13(7-10(9)2)16-11-4-5-14-8-11/h6-7,11,14H,4-5,8H2,1-3H3. The molecule has 0 radical (unpaired) electrons. The van der Waals surface area contributed by atoms with Crippen LogP contribution in [0.5, 0.6) is 5.75 Å². The van der Waals surface area contributed by atoms with Gasteiger partial charge in [-0.05, 0) is 50.1 Å². The van der Waals surface area contributed by atoms with Gasteiger partial charge in [-0.3, -0.25) is 0 Å². The smallest absolute Gasteiger partial charge is 0.132 e. The molecule has 1 saturated heterocycles. The number of hydrogen-bond donors (Lipinski definition) is 1. The summed E-state index contributed by atoms with van der Waals surface area (Å²) in [4.78, 5) is 1.28. The number of nitrogens with one attached hydrogen (secondary N) is 1. The van der Waals surface area contributed by atoms with Crippen LogP contribution < -0.4 is 10.1 Å². The van der Waals surface area contributed by atoms with Gasteiger partial charge < -0.3 is 10.1 Å². The number of methoxy groups -OCH3 is 1. The molecule has 1 heterocycles. The van der Waals surface area contributed by atoms with Crippen LogP contribution in [0.4, 0.5) is 0 Å². The van der Waals surface area contributed by atoms with E-state index in [0.717, 1.165) is 18.8 Å². The lowest BCUT2D eigenvalue weighted by Gasteiger charge is -2.14. The van der Waals surface area contributed by atoms with Crippen LogP contribution >= 0.6 is 11.8 Å². The molecule has 3 heteroatoms. The second-order valence-corrected chi connectivity index (χ2v) is 5.66. The van der Waals surface area contributed by atoms with Gasteiger partial charge in [-0.1, -0.05) is 0 Å². The van der Waals surface area contributed by atoms with Gasteiger partial charge in [-0.2, -0.15) is 0 Å². The maximum atomic E-state index is 5.45. The molecule has 0 amide bonds. The number of ether oxygens (including phenoxy) is 1. The van der Waals surface area contributed by atoms with Crippen LogP contribution in [0.1, 0.15) is 17.5 Å². The van der Waals surface area contributed by atoms with E-state index in [1.165, 1.54) is 22.4 Å². The van der Waals surface area contributed by atoms with Gasteiger partial charge >= 0.3 is 0 Å². The van der Waals surface area contributed by atoms with E-state index in [0.29, 0.717) is 5.25 Å². The molecule has 0 bridgehead atoms. The second-order valence-electron chi connectivity index (χ2n) is 4.32. The summed E-state index contributed by atoms with van der Waals surface area (Å²) in [5.41, 5.74) is 2.64. The molecule has 88 valence electrons. The SMILES string of the molecule is COc1cc(C)c(C)cc1SC1CCNC1. The zero-order valence-electron chi connectivity index (χ0n) is 10.2. The highest BCUT2D eigenvalue weighted by Gasteiger charge is 2.18. The number of rotatable bonds is 3. The monoisotopic (exact) mass is 237 g/mol. The lowest BCUT2D eigenvalue weighted by Crippen LogP contribution is -2.10. The lowest BCUT2D eigenvalue weighted by atomic mass is 10.1. The third-order valence-electron chi connectivity index (χ3n) is 3.09. The number of aryl methyl sites for hydroxylation is 2. The third-order valence-corrected chi connectivity index (χ3v) is 4.40. The average Bonchev–Trinajstić information content (AvgIpc) is 2.76. The molecule has 1 aromatic carbocycles. The predicted octanol–water partition coefficient (Wildman–Crippen LogP) is 2.77. The molecule has 2 nitrogen and oxygen atoms in total. The van der Waals surface area contributed by atoms with Gasteiger partial charge in [0.1, 0.15) is 5.75 Å². The van der Waals surface area contributed by atoms with Crippen LogP contribution in [-0.4, -0.2) is 25.4 Å². The minimum Gasteiger partial charge on any atom is -0.496 e. The number of hydrogen-bond acceptors (Lipinski definition) is 3. The van der Waals surface area contributed by atoms with Crippen LogP contribution in [0, 0.1) is 13.8 Å². The fraction of sp³-hybridized carbons (Fsp3) is 0.538. The van der Waals surface area contributed by atoms with E-state index < -0.39 is 0 Å². The van der Waals surface area contributed by atoms with Gasteiger partial charge in [-0.15, -0.1) is 11.8 Å². The Labute approximate surface area is 102 Å². The Bertz CT molecular complexity index is 372. The Morgan fingerprint density at radius 2 is 2.06 bits per heavy atom. The summed E-state index contributed by atoms with van der Waals surface area (Å²) in [7, 11) is 1.75. The highest BCUT2D eigenvalue weighted by molar-refractivity contribution is 8.00. The largest absolute Gasteiger partial charge is 0.496 e. The first-order chi connectivity index (χ1) is 7.70. The Morgan fingerprint density at radius 3 is 2.69 bits per heavy atom. The molecule has 1 aliphatic heterocycles. The predicted molar refractivity (Wildman–Crippen MR) is 69.6 cm³/mol. The molecule has 1 N–H and O–H groups in total. The number of thioether (sulfide) groups is 1. The van der Waals surface area contributed by atoms with E-state index in [2.05, 4.69) is 31.3 Å². The summed E-state index contributed by atoms with van der Waals surface area (Å²) in [5, 5.41) is 4.09. The van der Waals surface area contributed by atoms with Crippen LogP contribution in [0.2, 0.25) is 0 Å². The molecule has 0 spiro atoms. The molecule has 0 aromatic heterocycles. The highest BCUT2D eigenvalue weighted by Crippen LogP contribution is 2.36. The van der Waals surface area contributed by atoms with Crippen molar-refractivity contribution < 1.29 is 4.74 Å². The summed E-state index contributed by atoms with van der Waals surface area (Å²) in [5.74, 6) is 1.01. The third kappa shape index (κ3) is 2.53. The normalized spacial score (nSPS) is 20.1. The molecular weight excluding hydrogens is 218 g/mol. The van der Waals surface area contributed by atoms with Gasteiger partial charge in [-0.25, -0.2) is 0 Å². The van der Waals surface area contributed by atoms with Crippen molar-refractivity contribution in [3.05, 3.63) is 23.3 Å². The summed E-state index contributed by atoms with van der Waals surface area (Å²) >= 11 is 1.94. The molecule has 0 saturated carbocycles. The van der Waals surface area contributed by atoms with E-state index in [1.807, 2.05) is 11.8 Å². The van der Waals surface area contributed by atoms with Crippen molar-refractivity contribution in [3.8, 4) is 5.75 Å². The summed E-state index contributed by atoms with van der Waals surface area (Å²) in [6.45, 7) is 6.54. The fourth-order valence-corrected chi connectivity index (χ4v) is 3.22. The first kappa shape index (κ1) is 11.8. The van der Waals surface area contributed by atoms with Crippen molar-refractivity contribution in [3.63, 3.8) is 0 Å². The van der Waals surface area contributed by atoms with E-state index in [-0.39, 0.29) is 0 Å². The summed E-state index contributed by atoms with van der Waals surface area (Å²) < 4.78 is 5.45. The van der Waals surface area contributed by atoms with Gasteiger partial charge in [0.25, 0.3) is 0 Å². The first-order valence-corrected chi connectivity index (χ1v) is 6.61. The zero-order chi connectivity index (χ0) is 11.5. The molecule has 1 unspecified atom stereocenters. The quantitative estimate of drug-likeness (QED) is 0.873. The Hall–Kier alpha value is -0.670. The fourth-order valence-electron chi connectivity index (χ4n) is 1.92. The molecule has 1 aliphatic rings. The van der Waals surface area contributed by atoms with Crippen molar-refractivity contribution in [1.82, 2.24) is 5.32 Å². The van der Waals surface area contributed by atoms with Crippen LogP contribution in [-0.2, 0) is 0 Å². The molecule has 1 atom stereocenters. The highest BCUT2D eigenvalue weighted by atomic mass is 32.2. The minimum absolute atomic E-state index is 0.691. The molecule has 0 aliphatic carbocycles. The van der Waals surface area contributed by atoms with Crippen LogP contribution in [0.3, 0.4) is 0 Å². The van der Waals surface area contributed by atoms with Crippen molar-refractivity contribution in [2.75, 3.05) is 20.2 Å². The maximum Gasteiger partial charge on any atom is 0.132 e. The molecule has 2 rings (SSSR count). The van der Waals surface area contributed by atoms with E-state index >= 15 is 0 Å². The van der Waals surface area contributed by atoms with Crippen molar-refractivity contribution in [2.45, 2.75) is 30.4 Å². The molecule has 16 heavy (non-hydrogen) atoms. The van der Waals surface area contributed by atoms with Gasteiger partial charge in [0.2, 0.25) is 0 Å². The van der Waals surface area contributed by atoms with Crippen molar-refractivity contribution in [1.29, 1.82) is 0 Å². The Kier molecular flexibility index (Phi) is 3.77. The minimum atomic E-state index is 0.691. The maximum absolute atomic E-state index is 5.45. The summed E-state index contributed by atoms with van der Waals surface area (Å²) in [6.07, 6.45) is 1.25. The van der Waals surface area contributed by atoms with Gasteiger partial charge in [0.05, 0.1) is 7.11 Å². The first-order valence-electron chi connectivity index (χ1n) is 5.73.